The molecule has 7 heteroatoms. The van der Waals surface area contributed by atoms with Gasteiger partial charge in [0.25, 0.3) is 5.91 Å². The number of nitrogens with one attached hydrogen (secondary N) is 1. The van der Waals surface area contributed by atoms with E-state index >= 15 is 0 Å². The lowest BCUT2D eigenvalue weighted by Gasteiger charge is -2.36. The van der Waals surface area contributed by atoms with Crippen molar-refractivity contribution in [3.63, 3.8) is 0 Å². The first-order chi connectivity index (χ1) is 16.6. The number of hydrogen-bond acceptors (Lipinski definition) is 6. The zero-order valence-electron chi connectivity index (χ0n) is 19.3. The van der Waals surface area contributed by atoms with Gasteiger partial charge in [-0.15, -0.1) is 0 Å². The van der Waals surface area contributed by atoms with Crippen molar-refractivity contribution in [2.24, 2.45) is 0 Å². The first kappa shape index (κ1) is 22.0. The summed E-state index contributed by atoms with van der Waals surface area (Å²) in [6.45, 7) is 6.19. The highest BCUT2D eigenvalue weighted by atomic mass is 16.5. The van der Waals surface area contributed by atoms with Crippen molar-refractivity contribution in [1.29, 1.82) is 0 Å². The maximum absolute atomic E-state index is 13.2. The molecule has 4 aromatic rings. The monoisotopic (exact) mass is 453 g/mol. The third kappa shape index (κ3) is 4.75. The summed E-state index contributed by atoms with van der Waals surface area (Å²) >= 11 is 0. The number of morpholine rings is 1. The highest BCUT2D eigenvalue weighted by Crippen LogP contribution is 2.25. The van der Waals surface area contributed by atoms with Crippen LogP contribution in [0.3, 0.4) is 0 Å². The third-order valence-electron chi connectivity index (χ3n) is 5.94. The molecular weight excluding hydrogens is 426 g/mol. The number of pyridine rings is 3. The van der Waals surface area contributed by atoms with Crippen LogP contribution >= 0.6 is 0 Å². The molecule has 7 nitrogen and oxygen atoms in total. The number of rotatable bonds is 5. The SMILES string of the molecule is CC1CN(c2ccc(CNC(=O)c3cc(-c4ccncc4)nc4ccccc34)cn2)CC(C)O1. The summed E-state index contributed by atoms with van der Waals surface area (Å²) in [7, 11) is 0. The van der Waals surface area contributed by atoms with Crippen LogP contribution < -0.4 is 10.2 Å². The molecule has 1 saturated heterocycles. The number of nitrogens with zero attached hydrogens (tertiary/aromatic N) is 4. The van der Waals surface area contributed by atoms with E-state index in [1.165, 1.54) is 0 Å². The Kier molecular flexibility index (Phi) is 6.18. The van der Waals surface area contributed by atoms with Crippen LogP contribution in [0.1, 0.15) is 29.8 Å². The summed E-state index contributed by atoms with van der Waals surface area (Å²) in [6.07, 6.45) is 5.63. The van der Waals surface area contributed by atoms with Gasteiger partial charge < -0.3 is 15.0 Å². The lowest BCUT2D eigenvalue weighted by Crippen LogP contribution is -2.45. The van der Waals surface area contributed by atoms with E-state index in [2.05, 4.69) is 34.0 Å². The fourth-order valence-corrected chi connectivity index (χ4v) is 4.38. The number of amides is 1. The van der Waals surface area contributed by atoms with Crippen molar-refractivity contribution in [3.8, 4) is 11.3 Å². The minimum Gasteiger partial charge on any atom is -0.372 e. The number of ether oxygens (including phenoxy) is 1. The van der Waals surface area contributed by atoms with Crippen molar-refractivity contribution in [1.82, 2.24) is 20.3 Å². The summed E-state index contributed by atoms with van der Waals surface area (Å²) in [5.74, 6) is 0.785. The van der Waals surface area contributed by atoms with Crippen LogP contribution in [0.4, 0.5) is 5.82 Å². The van der Waals surface area contributed by atoms with Crippen LogP contribution in [0, 0.1) is 0 Å². The molecular formula is C27H27N5O2. The Bertz CT molecular complexity index is 1280. The van der Waals surface area contributed by atoms with Gasteiger partial charge in [0, 0.05) is 49.2 Å². The van der Waals surface area contributed by atoms with E-state index in [1.54, 1.807) is 12.4 Å². The fraction of sp³-hybridized carbons (Fsp3) is 0.259. The van der Waals surface area contributed by atoms with Gasteiger partial charge in [0.15, 0.2) is 0 Å². The summed E-state index contributed by atoms with van der Waals surface area (Å²) < 4.78 is 5.81. The standard InChI is InChI=1S/C27H27N5O2/c1-18-16-32(17-19(2)34-18)26-8-7-20(14-29-26)15-30-27(33)23-13-25(21-9-11-28-12-10-21)31-24-6-4-3-5-22(23)24/h3-14,18-19H,15-17H2,1-2H3,(H,30,33). The van der Waals surface area contributed by atoms with E-state index in [0.29, 0.717) is 12.1 Å². The van der Waals surface area contributed by atoms with Gasteiger partial charge in [-0.3, -0.25) is 9.78 Å². The van der Waals surface area contributed by atoms with Crippen molar-refractivity contribution < 1.29 is 9.53 Å². The molecule has 1 amide bonds. The van der Waals surface area contributed by atoms with Crippen LogP contribution in [0.2, 0.25) is 0 Å². The van der Waals surface area contributed by atoms with Crippen LogP contribution in [-0.2, 0) is 11.3 Å². The van der Waals surface area contributed by atoms with Crippen LogP contribution in [-0.4, -0.2) is 46.2 Å². The normalized spacial score (nSPS) is 18.1. The Morgan fingerprint density at radius 1 is 1.06 bits per heavy atom. The molecule has 1 aliphatic heterocycles. The molecule has 34 heavy (non-hydrogen) atoms. The molecule has 172 valence electrons. The number of carbonyl (C=O) groups is 1. The number of benzene rings is 1. The number of aromatic nitrogens is 3. The maximum Gasteiger partial charge on any atom is 0.252 e. The highest BCUT2D eigenvalue weighted by Gasteiger charge is 2.23. The van der Waals surface area contributed by atoms with Gasteiger partial charge in [-0.1, -0.05) is 24.3 Å². The summed E-state index contributed by atoms with van der Waals surface area (Å²) in [5, 5.41) is 3.87. The number of para-hydroxylation sites is 1. The van der Waals surface area contributed by atoms with Gasteiger partial charge in [-0.05, 0) is 49.7 Å². The Morgan fingerprint density at radius 3 is 2.56 bits per heavy atom. The summed E-state index contributed by atoms with van der Waals surface area (Å²) in [5.41, 5.74) is 3.98. The second-order valence-corrected chi connectivity index (χ2v) is 8.68. The maximum atomic E-state index is 13.2. The van der Waals surface area contributed by atoms with Crippen molar-refractivity contribution in [2.75, 3.05) is 18.0 Å². The van der Waals surface area contributed by atoms with Crippen LogP contribution in [0.25, 0.3) is 22.2 Å². The lowest BCUT2D eigenvalue weighted by atomic mass is 10.0. The molecule has 0 aliphatic carbocycles. The minimum atomic E-state index is -0.145. The van der Waals surface area contributed by atoms with E-state index in [9.17, 15) is 4.79 Å². The Morgan fingerprint density at radius 2 is 1.82 bits per heavy atom. The summed E-state index contributed by atoms with van der Waals surface area (Å²) in [4.78, 5) is 28.9. The first-order valence-corrected chi connectivity index (χ1v) is 11.5. The number of fused-ring (bicyclic) bond motifs is 1. The van der Waals surface area contributed by atoms with E-state index in [4.69, 9.17) is 9.72 Å². The van der Waals surface area contributed by atoms with Gasteiger partial charge in [-0.2, -0.15) is 0 Å². The van der Waals surface area contributed by atoms with Gasteiger partial charge in [0.1, 0.15) is 5.82 Å². The smallest absolute Gasteiger partial charge is 0.252 e. The molecule has 1 aromatic carbocycles. The molecule has 0 spiro atoms. The Balaban J connectivity index is 1.33. The second kappa shape index (κ2) is 9.57. The van der Waals surface area contributed by atoms with Crippen LogP contribution in [0.15, 0.2) is 73.2 Å². The Hall–Kier alpha value is -3.84. The molecule has 0 saturated carbocycles. The summed E-state index contributed by atoms with van der Waals surface area (Å²) in [6, 6.07) is 17.3. The molecule has 2 atom stereocenters. The third-order valence-corrected chi connectivity index (χ3v) is 5.94. The molecule has 1 aliphatic rings. The van der Waals surface area contributed by atoms with Gasteiger partial charge in [0.05, 0.1) is 29.0 Å². The lowest BCUT2D eigenvalue weighted by molar-refractivity contribution is -0.00546. The van der Waals surface area contributed by atoms with E-state index in [-0.39, 0.29) is 18.1 Å². The first-order valence-electron chi connectivity index (χ1n) is 11.5. The molecule has 5 rings (SSSR count). The highest BCUT2D eigenvalue weighted by molar-refractivity contribution is 6.07. The van der Waals surface area contributed by atoms with E-state index in [1.807, 2.05) is 60.8 Å². The van der Waals surface area contributed by atoms with E-state index in [0.717, 1.165) is 46.6 Å². The average molecular weight is 454 g/mol. The second-order valence-electron chi connectivity index (χ2n) is 8.68. The van der Waals surface area contributed by atoms with Crippen molar-refractivity contribution >= 4 is 22.6 Å². The molecule has 0 radical (unpaired) electrons. The zero-order chi connectivity index (χ0) is 23.5. The minimum absolute atomic E-state index is 0.145. The average Bonchev–Trinajstić information content (AvgIpc) is 2.87. The Labute approximate surface area is 198 Å². The largest absolute Gasteiger partial charge is 0.372 e. The molecule has 4 heterocycles. The predicted octanol–water partition coefficient (Wildman–Crippen LogP) is 4.24. The number of carbonyl (C=O) groups excluding carboxylic acids is 1. The topological polar surface area (TPSA) is 80.2 Å². The van der Waals surface area contributed by atoms with Gasteiger partial charge >= 0.3 is 0 Å². The molecule has 2 unspecified atom stereocenters. The molecule has 1 fully saturated rings. The van der Waals surface area contributed by atoms with Crippen LogP contribution in [0.5, 0.6) is 0 Å². The van der Waals surface area contributed by atoms with Gasteiger partial charge in [-0.25, -0.2) is 9.97 Å². The molecule has 3 aromatic heterocycles. The van der Waals surface area contributed by atoms with Gasteiger partial charge in [0.2, 0.25) is 0 Å². The fourth-order valence-electron chi connectivity index (χ4n) is 4.38. The predicted molar refractivity (Wildman–Crippen MR) is 133 cm³/mol. The zero-order valence-corrected chi connectivity index (χ0v) is 19.3. The van der Waals surface area contributed by atoms with Crippen molar-refractivity contribution in [3.05, 3.63) is 84.3 Å². The molecule has 0 bridgehead atoms. The molecule has 1 N–H and O–H groups in total. The van der Waals surface area contributed by atoms with E-state index < -0.39 is 0 Å². The number of anilines is 1. The number of hydrogen-bond donors (Lipinski definition) is 1. The quantitative estimate of drug-likeness (QED) is 0.487. The van der Waals surface area contributed by atoms with Crippen molar-refractivity contribution in [2.45, 2.75) is 32.6 Å².